The summed E-state index contributed by atoms with van der Waals surface area (Å²) in [6.45, 7) is 3.71. The molecule has 134 valence electrons. The molecule has 2 aromatic rings. The largest absolute Gasteiger partial charge is 0.497 e. The van der Waals surface area contributed by atoms with Crippen LogP contribution in [0.4, 0.5) is 0 Å². The minimum absolute atomic E-state index is 0.0133. The lowest BCUT2D eigenvalue weighted by Crippen LogP contribution is -2.29. The third kappa shape index (κ3) is 2.79. The Hall–Kier alpha value is -2.62. The van der Waals surface area contributed by atoms with Gasteiger partial charge in [-0.1, -0.05) is 29.8 Å². The van der Waals surface area contributed by atoms with Gasteiger partial charge in [-0.15, -0.1) is 0 Å². The molecule has 2 aromatic carbocycles. The Bertz CT molecular complexity index is 870. The SMILES string of the molecule is COc1ccc([C@H]2[C@@H]3CCCc4ccc(C)cc4C3=NN2C(C)=O)cc1. The van der Waals surface area contributed by atoms with Crippen LogP contribution >= 0.6 is 0 Å². The van der Waals surface area contributed by atoms with Crippen molar-refractivity contribution in [1.29, 1.82) is 0 Å². The Balaban J connectivity index is 1.80. The number of nitrogens with zero attached hydrogens (tertiary/aromatic N) is 2. The third-order valence-electron chi connectivity index (χ3n) is 5.49. The van der Waals surface area contributed by atoms with Crippen LogP contribution < -0.4 is 4.74 Å². The first kappa shape index (κ1) is 16.8. The zero-order valence-corrected chi connectivity index (χ0v) is 15.5. The van der Waals surface area contributed by atoms with E-state index in [1.165, 1.54) is 16.7 Å². The van der Waals surface area contributed by atoms with Gasteiger partial charge in [0.25, 0.3) is 0 Å². The van der Waals surface area contributed by atoms with Gasteiger partial charge in [0.15, 0.2) is 0 Å². The fourth-order valence-corrected chi connectivity index (χ4v) is 4.22. The second-order valence-corrected chi connectivity index (χ2v) is 7.23. The molecule has 1 aliphatic heterocycles. The molecule has 2 atom stereocenters. The zero-order chi connectivity index (χ0) is 18.3. The minimum Gasteiger partial charge on any atom is -0.497 e. The van der Waals surface area contributed by atoms with E-state index in [2.05, 4.69) is 37.3 Å². The van der Waals surface area contributed by atoms with Crippen molar-refractivity contribution in [3.05, 3.63) is 64.7 Å². The molecule has 0 radical (unpaired) electrons. The van der Waals surface area contributed by atoms with Gasteiger partial charge in [-0.25, -0.2) is 5.01 Å². The van der Waals surface area contributed by atoms with E-state index in [1.807, 2.05) is 12.1 Å². The van der Waals surface area contributed by atoms with E-state index in [1.54, 1.807) is 19.0 Å². The number of amides is 1. The Morgan fingerprint density at radius 3 is 2.65 bits per heavy atom. The highest BCUT2D eigenvalue weighted by molar-refractivity contribution is 6.06. The van der Waals surface area contributed by atoms with E-state index in [4.69, 9.17) is 9.84 Å². The molecular formula is C22H24N2O2. The van der Waals surface area contributed by atoms with Gasteiger partial charge in [0, 0.05) is 18.4 Å². The minimum atomic E-state index is -0.0418. The number of carbonyl (C=O) groups is 1. The number of methoxy groups -OCH3 is 1. The summed E-state index contributed by atoms with van der Waals surface area (Å²) in [5.74, 6) is 1.04. The number of carbonyl (C=O) groups excluding carboxylic acids is 1. The molecule has 0 bridgehead atoms. The van der Waals surface area contributed by atoms with E-state index in [0.717, 1.165) is 36.3 Å². The summed E-state index contributed by atoms with van der Waals surface area (Å²) >= 11 is 0. The van der Waals surface area contributed by atoms with Crippen molar-refractivity contribution < 1.29 is 9.53 Å². The molecule has 1 aliphatic carbocycles. The molecule has 0 unspecified atom stereocenters. The van der Waals surface area contributed by atoms with Crippen LogP contribution in [-0.2, 0) is 11.2 Å². The Kier molecular flexibility index (Phi) is 4.27. The number of hydrogen-bond acceptors (Lipinski definition) is 3. The summed E-state index contributed by atoms with van der Waals surface area (Å²) in [5, 5.41) is 6.50. The van der Waals surface area contributed by atoms with Crippen molar-refractivity contribution in [2.24, 2.45) is 11.0 Å². The van der Waals surface area contributed by atoms with Crippen LogP contribution in [0.25, 0.3) is 0 Å². The third-order valence-corrected chi connectivity index (χ3v) is 5.49. The fraction of sp³-hybridized carbons (Fsp3) is 0.364. The average Bonchev–Trinajstić information content (AvgIpc) is 2.94. The number of ether oxygens (including phenoxy) is 1. The van der Waals surface area contributed by atoms with Crippen molar-refractivity contribution in [3.63, 3.8) is 0 Å². The maximum atomic E-state index is 12.4. The number of benzene rings is 2. The predicted octanol–water partition coefficient (Wildman–Crippen LogP) is 4.26. The topological polar surface area (TPSA) is 41.9 Å². The van der Waals surface area contributed by atoms with E-state index in [9.17, 15) is 4.79 Å². The van der Waals surface area contributed by atoms with Gasteiger partial charge >= 0.3 is 0 Å². The number of fused-ring (bicyclic) bond motifs is 3. The highest BCUT2D eigenvalue weighted by Crippen LogP contribution is 2.43. The van der Waals surface area contributed by atoms with Gasteiger partial charge in [-0.05, 0) is 55.5 Å². The molecule has 2 aliphatic rings. The summed E-state index contributed by atoms with van der Waals surface area (Å²) in [6, 6.07) is 14.6. The molecule has 0 saturated heterocycles. The molecular weight excluding hydrogens is 324 g/mol. The fourth-order valence-electron chi connectivity index (χ4n) is 4.22. The zero-order valence-electron chi connectivity index (χ0n) is 15.5. The van der Waals surface area contributed by atoms with Crippen molar-refractivity contribution in [2.45, 2.75) is 39.2 Å². The van der Waals surface area contributed by atoms with Gasteiger partial charge in [0.1, 0.15) is 5.75 Å². The molecule has 0 N–H and O–H groups in total. The molecule has 0 fully saturated rings. The van der Waals surface area contributed by atoms with Crippen LogP contribution in [-0.4, -0.2) is 23.7 Å². The van der Waals surface area contributed by atoms with Gasteiger partial charge in [0.2, 0.25) is 5.91 Å². The van der Waals surface area contributed by atoms with Crippen LogP contribution in [0.5, 0.6) is 5.75 Å². The molecule has 4 heteroatoms. The second-order valence-electron chi connectivity index (χ2n) is 7.23. The van der Waals surface area contributed by atoms with E-state index < -0.39 is 0 Å². The highest BCUT2D eigenvalue weighted by Gasteiger charge is 2.41. The molecule has 1 amide bonds. The summed E-state index contributed by atoms with van der Waals surface area (Å²) in [4.78, 5) is 12.4. The van der Waals surface area contributed by atoms with Crippen LogP contribution in [0.15, 0.2) is 47.6 Å². The monoisotopic (exact) mass is 348 g/mol. The normalized spacial score (nSPS) is 21.5. The number of hydrazone groups is 1. The molecule has 0 aromatic heterocycles. The van der Waals surface area contributed by atoms with Gasteiger partial charge < -0.3 is 4.74 Å². The standard InChI is InChI=1S/C22H24N2O2/c1-14-7-8-16-5-4-6-19-21(20(16)13-14)23-24(15(2)25)22(19)17-9-11-18(26-3)12-10-17/h7-13,19,22H,4-6H2,1-3H3/t19-,22+/m1/s1. The molecule has 4 nitrogen and oxygen atoms in total. The molecule has 0 spiro atoms. The molecule has 1 heterocycles. The molecule has 26 heavy (non-hydrogen) atoms. The Morgan fingerprint density at radius 2 is 1.96 bits per heavy atom. The lowest BCUT2D eigenvalue weighted by molar-refractivity contribution is -0.131. The van der Waals surface area contributed by atoms with Gasteiger partial charge in [-0.3, -0.25) is 4.79 Å². The van der Waals surface area contributed by atoms with Crippen LogP contribution in [0.1, 0.15) is 48.1 Å². The van der Waals surface area contributed by atoms with E-state index in [-0.39, 0.29) is 17.9 Å². The number of rotatable bonds is 2. The van der Waals surface area contributed by atoms with Crippen LogP contribution in [0.3, 0.4) is 0 Å². The summed E-state index contributed by atoms with van der Waals surface area (Å²) in [7, 11) is 1.66. The summed E-state index contributed by atoms with van der Waals surface area (Å²) in [5.41, 5.74) is 5.97. The maximum Gasteiger partial charge on any atom is 0.240 e. The highest BCUT2D eigenvalue weighted by atomic mass is 16.5. The first-order chi connectivity index (χ1) is 12.6. The second kappa shape index (κ2) is 6.60. The summed E-state index contributed by atoms with van der Waals surface area (Å²) < 4.78 is 5.28. The van der Waals surface area contributed by atoms with Crippen molar-refractivity contribution >= 4 is 11.6 Å². The Labute approximate surface area is 154 Å². The first-order valence-corrected chi connectivity index (χ1v) is 9.20. The van der Waals surface area contributed by atoms with E-state index in [0.29, 0.717) is 0 Å². The van der Waals surface area contributed by atoms with Gasteiger partial charge in [0.05, 0.1) is 18.9 Å². The molecule has 0 saturated carbocycles. The van der Waals surface area contributed by atoms with Crippen molar-refractivity contribution in [3.8, 4) is 5.75 Å². The van der Waals surface area contributed by atoms with Crippen LogP contribution in [0.2, 0.25) is 0 Å². The number of aryl methyl sites for hydroxylation is 2. The number of hydrogen-bond donors (Lipinski definition) is 0. The smallest absolute Gasteiger partial charge is 0.240 e. The van der Waals surface area contributed by atoms with Crippen LogP contribution in [0, 0.1) is 12.8 Å². The predicted molar refractivity (Wildman–Crippen MR) is 102 cm³/mol. The average molecular weight is 348 g/mol. The Morgan fingerprint density at radius 1 is 1.19 bits per heavy atom. The van der Waals surface area contributed by atoms with Crippen molar-refractivity contribution in [2.75, 3.05) is 7.11 Å². The first-order valence-electron chi connectivity index (χ1n) is 9.20. The molecule has 4 rings (SSSR count). The van der Waals surface area contributed by atoms with Crippen molar-refractivity contribution in [1.82, 2.24) is 5.01 Å². The lowest BCUT2D eigenvalue weighted by atomic mass is 9.85. The quantitative estimate of drug-likeness (QED) is 0.813. The summed E-state index contributed by atoms with van der Waals surface area (Å²) in [6.07, 6.45) is 3.21. The lowest BCUT2D eigenvalue weighted by Gasteiger charge is -2.26. The van der Waals surface area contributed by atoms with E-state index >= 15 is 0 Å². The van der Waals surface area contributed by atoms with Gasteiger partial charge in [-0.2, -0.15) is 5.10 Å². The maximum absolute atomic E-state index is 12.4.